The van der Waals surface area contributed by atoms with E-state index in [1.807, 2.05) is 18.2 Å². The highest BCUT2D eigenvalue weighted by atomic mass is 31.2. The summed E-state index contributed by atoms with van der Waals surface area (Å²) in [7, 11) is -3.89. The van der Waals surface area contributed by atoms with Crippen molar-refractivity contribution < 1.29 is 32.4 Å². The fourth-order valence-corrected chi connectivity index (χ4v) is 6.16. The van der Waals surface area contributed by atoms with Gasteiger partial charge in [0.25, 0.3) is 0 Å². The van der Waals surface area contributed by atoms with Gasteiger partial charge in [0.05, 0.1) is 19.3 Å². The quantitative estimate of drug-likeness (QED) is 0.200. The van der Waals surface area contributed by atoms with Crippen molar-refractivity contribution in [3.05, 3.63) is 23.8 Å². The van der Waals surface area contributed by atoms with E-state index in [-0.39, 0.29) is 19.1 Å². The number of carbonyl (C=O) groups is 1. The predicted octanol–water partition coefficient (Wildman–Crippen LogP) is 5.64. The van der Waals surface area contributed by atoms with Crippen LogP contribution < -0.4 is 14.8 Å². The molecule has 0 saturated carbocycles. The molecule has 2 aliphatic rings. The van der Waals surface area contributed by atoms with E-state index in [0.29, 0.717) is 37.7 Å². The Kier molecular flexibility index (Phi) is 12.7. The average molecular weight is 541 g/mol. The Bertz CT molecular complexity index is 868. The molecule has 2 atom stereocenters. The summed E-state index contributed by atoms with van der Waals surface area (Å²) in [5, 5.41) is 3.21. The molecule has 1 saturated heterocycles. The fraction of sp³-hybridized carbons (Fsp3) is 0.741. The molecule has 0 aromatic heterocycles. The van der Waals surface area contributed by atoms with Crippen LogP contribution in [-0.2, 0) is 22.9 Å². The molecule has 1 amide bonds. The van der Waals surface area contributed by atoms with Crippen molar-refractivity contribution in [1.82, 2.24) is 10.2 Å². The summed E-state index contributed by atoms with van der Waals surface area (Å²) in [5.74, 6) is 1.22. The van der Waals surface area contributed by atoms with Crippen molar-refractivity contribution in [2.24, 2.45) is 0 Å². The minimum atomic E-state index is -3.89. The number of benzene rings is 1. The van der Waals surface area contributed by atoms with Crippen LogP contribution in [-0.4, -0.2) is 62.9 Å². The molecule has 210 valence electrons. The Morgan fingerprint density at radius 3 is 2.35 bits per heavy atom. The van der Waals surface area contributed by atoms with E-state index in [0.717, 1.165) is 50.8 Å². The molecule has 2 unspecified atom stereocenters. The van der Waals surface area contributed by atoms with Crippen LogP contribution in [0.4, 0.5) is 0 Å². The molecule has 1 aromatic carbocycles. The standard InChI is InChI=1S/C27H45N2O7P/c1-4-7-8-9-10-13-26(30)28-23(21-29-16-11-12-17-29)27(36-37(31,34-5-2)35-6-3)22-14-15-24-25(20-22)33-19-18-32-24/h14-15,20,23,27H,4-13,16-19,21H2,1-3H3,(H,28,30). The minimum absolute atomic E-state index is 0.0329. The Morgan fingerprint density at radius 2 is 1.68 bits per heavy atom. The second kappa shape index (κ2) is 15.7. The Balaban J connectivity index is 1.87. The maximum atomic E-state index is 13.5. The number of carbonyl (C=O) groups excluding carboxylic acids is 1. The SMILES string of the molecule is CCCCCCCC(=O)NC(CN1CCCC1)C(OP(=O)(OCC)OCC)c1ccc2c(c1)OCCO2. The zero-order valence-electron chi connectivity index (χ0n) is 22.7. The van der Waals surface area contributed by atoms with Crippen LogP contribution in [0.25, 0.3) is 0 Å². The number of ether oxygens (including phenoxy) is 2. The molecule has 0 radical (unpaired) electrons. The maximum Gasteiger partial charge on any atom is 0.475 e. The lowest BCUT2D eigenvalue weighted by atomic mass is 10.0. The topological polar surface area (TPSA) is 95.6 Å². The second-order valence-corrected chi connectivity index (χ2v) is 11.2. The van der Waals surface area contributed by atoms with Gasteiger partial charge in [-0.15, -0.1) is 0 Å². The van der Waals surface area contributed by atoms with E-state index >= 15 is 0 Å². The molecular weight excluding hydrogens is 495 g/mol. The van der Waals surface area contributed by atoms with Crippen LogP contribution in [0, 0.1) is 0 Å². The van der Waals surface area contributed by atoms with Crippen LogP contribution >= 0.6 is 7.82 Å². The van der Waals surface area contributed by atoms with E-state index in [1.54, 1.807) is 13.8 Å². The lowest BCUT2D eigenvalue weighted by Crippen LogP contribution is -2.47. The number of nitrogens with one attached hydrogen (secondary N) is 1. The van der Waals surface area contributed by atoms with Gasteiger partial charge in [0.2, 0.25) is 5.91 Å². The Labute approximate surface area is 222 Å². The zero-order valence-corrected chi connectivity index (χ0v) is 23.6. The van der Waals surface area contributed by atoms with Crippen LogP contribution in [0.3, 0.4) is 0 Å². The van der Waals surface area contributed by atoms with Gasteiger partial charge >= 0.3 is 7.82 Å². The number of phosphoric ester groups is 1. The maximum absolute atomic E-state index is 13.5. The van der Waals surface area contributed by atoms with Gasteiger partial charge in [-0.25, -0.2) is 4.57 Å². The first-order chi connectivity index (χ1) is 18.0. The number of nitrogens with zero attached hydrogens (tertiary/aromatic N) is 1. The second-order valence-electron chi connectivity index (χ2n) is 9.56. The third-order valence-corrected chi connectivity index (χ3v) is 8.22. The largest absolute Gasteiger partial charge is 0.486 e. The number of amides is 1. The first-order valence-corrected chi connectivity index (χ1v) is 15.4. The van der Waals surface area contributed by atoms with E-state index < -0.39 is 20.0 Å². The molecule has 0 bridgehead atoms. The van der Waals surface area contributed by atoms with Crippen LogP contribution in [0.15, 0.2) is 18.2 Å². The van der Waals surface area contributed by atoms with Crippen molar-refractivity contribution in [2.75, 3.05) is 46.1 Å². The van der Waals surface area contributed by atoms with Crippen molar-refractivity contribution >= 4 is 13.7 Å². The smallest absolute Gasteiger partial charge is 0.475 e. The molecule has 1 fully saturated rings. The first-order valence-electron chi connectivity index (χ1n) is 14.0. The van der Waals surface area contributed by atoms with Crippen LogP contribution in [0.2, 0.25) is 0 Å². The van der Waals surface area contributed by atoms with Gasteiger partial charge in [-0.1, -0.05) is 38.7 Å². The third kappa shape index (κ3) is 9.56. The van der Waals surface area contributed by atoms with Crippen LogP contribution in [0.1, 0.15) is 83.8 Å². The number of phosphoric acid groups is 1. The Morgan fingerprint density at radius 1 is 1.00 bits per heavy atom. The van der Waals surface area contributed by atoms with Gasteiger partial charge in [-0.3, -0.25) is 18.4 Å². The molecule has 2 aliphatic heterocycles. The van der Waals surface area contributed by atoms with Gasteiger partial charge < -0.3 is 19.7 Å². The zero-order chi connectivity index (χ0) is 26.5. The van der Waals surface area contributed by atoms with Gasteiger partial charge in [0, 0.05) is 13.0 Å². The van der Waals surface area contributed by atoms with Crippen molar-refractivity contribution in [3.8, 4) is 11.5 Å². The summed E-state index contributed by atoms with van der Waals surface area (Å²) in [6, 6.07) is 5.08. The van der Waals surface area contributed by atoms with E-state index in [2.05, 4.69) is 17.1 Å². The molecule has 3 rings (SSSR count). The number of hydrogen-bond acceptors (Lipinski definition) is 8. The third-order valence-electron chi connectivity index (χ3n) is 6.58. The van der Waals surface area contributed by atoms with Gasteiger partial charge in [-0.05, 0) is 63.9 Å². The molecular formula is C27H45N2O7P. The molecule has 9 nitrogen and oxygen atoms in total. The lowest BCUT2D eigenvalue weighted by Gasteiger charge is -2.33. The summed E-state index contributed by atoms with van der Waals surface area (Å²) in [4.78, 5) is 15.4. The molecule has 2 heterocycles. The normalized spacial score (nSPS) is 17.5. The highest BCUT2D eigenvalue weighted by Gasteiger charge is 2.37. The molecule has 0 aliphatic carbocycles. The van der Waals surface area contributed by atoms with E-state index in [1.165, 1.54) is 12.8 Å². The van der Waals surface area contributed by atoms with Crippen LogP contribution in [0.5, 0.6) is 11.5 Å². The van der Waals surface area contributed by atoms with E-state index in [9.17, 15) is 9.36 Å². The first kappa shape index (κ1) is 29.9. The average Bonchev–Trinajstić information content (AvgIpc) is 3.40. The minimum Gasteiger partial charge on any atom is -0.486 e. The van der Waals surface area contributed by atoms with Crippen molar-refractivity contribution in [3.63, 3.8) is 0 Å². The van der Waals surface area contributed by atoms with Gasteiger partial charge in [-0.2, -0.15) is 0 Å². The summed E-state index contributed by atoms with van der Waals surface area (Å²) in [6.45, 7) is 9.42. The number of likely N-dealkylation sites (tertiary alicyclic amines) is 1. The molecule has 1 aromatic rings. The highest BCUT2D eigenvalue weighted by Crippen LogP contribution is 2.54. The lowest BCUT2D eigenvalue weighted by molar-refractivity contribution is -0.123. The predicted molar refractivity (Wildman–Crippen MR) is 143 cm³/mol. The number of rotatable bonds is 17. The van der Waals surface area contributed by atoms with Gasteiger partial charge in [0.1, 0.15) is 19.3 Å². The molecule has 10 heteroatoms. The summed E-state index contributed by atoms with van der Waals surface area (Å²) in [5.41, 5.74) is 0.719. The highest BCUT2D eigenvalue weighted by molar-refractivity contribution is 7.48. The number of unbranched alkanes of at least 4 members (excludes halogenated alkanes) is 4. The monoisotopic (exact) mass is 540 g/mol. The van der Waals surface area contributed by atoms with Crippen molar-refractivity contribution in [1.29, 1.82) is 0 Å². The number of hydrogen-bond donors (Lipinski definition) is 1. The summed E-state index contributed by atoms with van der Waals surface area (Å²) in [6.07, 6.45) is 7.26. The van der Waals surface area contributed by atoms with Crippen molar-refractivity contribution in [2.45, 2.75) is 84.3 Å². The Hall–Kier alpha value is -1.64. The fourth-order valence-electron chi connectivity index (χ4n) is 4.79. The molecule has 1 N–H and O–H groups in total. The van der Waals surface area contributed by atoms with E-state index in [4.69, 9.17) is 23.0 Å². The summed E-state index contributed by atoms with van der Waals surface area (Å²) >= 11 is 0. The molecule has 37 heavy (non-hydrogen) atoms. The molecule has 0 spiro atoms. The van der Waals surface area contributed by atoms with Gasteiger partial charge in [0.15, 0.2) is 11.5 Å². The number of fused-ring (bicyclic) bond motifs is 1. The summed E-state index contributed by atoms with van der Waals surface area (Å²) < 4.78 is 42.2.